The largest absolute Gasteiger partial charge is 0.480 e. The predicted molar refractivity (Wildman–Crippen MR) is 76.9 cm³/mol. The summed E-state index contributed by atoms with van der Waals surface area (Å²) in [6, 6.07) is -1.30. The molecule has 6 N–H and O–H groups in total. The maximum atomic E-state index is 10.8. The highest BCUT2D eigenvalue weighted by Gasteiger charge is 2.37. The first kappa shape index (κ1) is 18.3. The van der Waals surface area contributed by atoms with Crippen LogP contribution in [0.2, 0.25) is 38.3 Å². The van der Waals surface area contributed by atoms with Gasteiger partial charge in [0, 0.05) is 0 Å². The minimum atomic E-state index is -2.26. The van der Waals surface area contributed by atoms with Gasteiger partial charge in [0.05, 0.1) is 0 Å². The van der Waals surface area contributed by atoms with Crippen LogP contribution in [0.1, 0.15) is 0 Å². The summed E-state index contributed by atoms with van der Waals surface area (Å²) in [7, 11) is -4.52. The molecule has 2 unspecified atom stereocenters. The van der Waals surface area contributed by atoms with Gasteiger partial charge in [-0.2, -0.15) is 0 Å². The Balaban J connectivity index is 4.62. The number of hydrogen-bond donors (Lipinski definition) is 4. The Morgan fingerprint density at radius 2 is 1.21 bits per heavy atom. The van der Waals surface area contributed by atoms with E-state index in [-0.39, 0.29) is 0 Å². The molecular weight excluding hydrogens is 284 g/mol. The van der Waals surface area contributed by atoms with Gasteiger partial charge in [0.1, 0.15) is 12.1 Å². The molecule has 0 aliphatic rings. The molecular formula is C10H24N2O5Si2. The van der Waals surface area contributed by atoms with Crippen LogP contribution in [0.15, 0.2) is 0 Å². The molecule has 112 valence electrons. The summed E-state index contributed by atoms with van der Waals surface area (Å²) >= 11 is 0. The van der Waals surface area contributed by atoms with E-state index in [0.29, 0.717) is 12.1 Å². The maximum absolute atomic E-state index is 10.8. The number of carboxylic acid groups (broad SMARTS) is 2. The van der Waals surface area contributed by atoms with Crippen molar-refractivity contribution in [1.29, 1.82) is 0 Å². The Morgan fingerprint density at radius 1 is 0.947 bits per heavy atom. The van der Waals surface area contributed by atoms with Crippen LogP contribution in [0.3, 0.4) is 0 Å². The van der Waals surface area contributed by atoms with Gasteiger partial charge in [0.15, 0.2) is 16.6 Å². The lowest BCUT2D eigenvalue weighted by Crippen LogP contribution is -2.51. The van der Waals surface area contributed by atoms with Crippen molar-refractivity contribution in [2.24, 2.45) is 11.5 Å². The fourth-order valence-corrected chi connectivity index (χ4v) is 11.2. The Morgan fingerprint density at radius 3 is 1.42 bits per heavy atom. The Labute approximate surface area is 115 Å². The van der Waals surface area contributed by atoms with E-state index in [1.807, 2.05) is 26.2 Å². The maximum Gasteiger partial charge on any atom is 0.320 e. The third-order valence-corrected chi connectivity index (χ3v) is 9.88. The minimum Gasteiger partial charge on any atom is -0.480 e. The molecule has 0 saturated heterocycles. The van der Waals surface area contributed by atoms with Gasteiger partial charge < -0.3 is 25.8 Å². The fourth-order valence-electron chi connectivity index (χ4n) is 2.07. The predicted octanol–water partition coefficient (Wildman–Crippen LogP) is 0.237. The first-order valence-corrected chi connectivity index (χ1v) is 12.3. The summed E-state index contributed by atoms with van der Waals surface area (Å²) in [6.45, 7) is 7.54. The van der Waals surface area contributed by atoms with Gasteiger partial charge in [0.2, 0.25) is 0 Å². The second-order valence-electron chi connectivity index (χ2n) is 5.92. The third-order valence-electron chi connectivity index (χ3n) is 2.61. The van der Waals surface area contributed by atoms with Crippen LogP contribution in [0, 0.1) is 0 Å². The first-order valence-electron chi connectivity index (χ1n) is 6.03. The Kier molecular flexibility index (Phi) is 6.35. The van der Waals surface area contributed by atoms with Crippen molar-refractivity contribution in [2.75, 3.05) is 0 Å². The van der Waals surface area contributed by atoms with Crippen LogP contribution in [-0.4, -0.2) is 50.9 Å². The van der Waals surface area contributed by atoms with Crippen LogP contribution in [0.25, 0.3) is 0 Å². The van der Waals surface area contributed by atoms with Crippen LogP contribution < -0.4 is 11.5 Å². The average Bonchev–Trinajstić information content (AvgIpc) is 2.13. The number of carboxylic acids is 2. The molecule has 0 aliphatic carbocycles. The highest BCUT2D eigenvalue weighted by molar-refractivity contribution is 6.85. The molecule has 19 heavy (non-hydrogen) atoms. The summed E-state index contributed by atoms with van der Waals surface area (Å²) in [5.41, 5.74) is 11.0. The molecule has 0 saturated carbocycles. The molecule has 0 amide bonds. The lowest BCUT2D eigenvalue weighted by Gasteiger charge is -2.35. The quantitative estimate of drug-likeness (QED) is 0.471. The van der Waals surface area contributed by atoms with E-state index in [1.54, 1.807) is 0 Å². The zero-order chi connectivity index (χ0) is 15.4. The highest BCUT2D eigenvalue weighted by atomic mass is 28.4. The number of carbonyl (C=O) groups is 2. The topological polar surface area (TPSA) is 136 Å². The zero-order valence-corrected chi connectivity index (χ0v) is 13.8. The van der Waals surface area contributed by atoms with Crippen molar-refractivity contribution in [3.8, 4) is 0 Å². The van der Waals surface area contributed by atoms with Crippen molar-refractivity contribution in [1.82, 2.24) is 0 Å². The third kappa shape index (κ3) is 7.42. The molecule has 0 bridgehead atoms. The van der Waals surface area contributed by atoms with Gasteiger partial charge in [-0.15, -0.1) is 0 Å². The van der Waals surface area contributed by atoms with Crippen molar-refractivity contribution in [3.63, 3.8) is 0 Å². The number of nitrogens with two attached hydrogens (primary N) is 2. The molecule has 0 radical (unpaired) electrons. The van der Waals surface area contributed by atoms with Crippen molar-refractivity contribution in [3.05, 3.63) is 0 Å². The second kappa shape index (κ2) is 6.61. The SMILES string of the molecule is C[Si](C)(CC(N)C(=O)O)O[Si](C)(C)CC(N)C(=O)O. The molecule has 0 rings (SSSR count). The summed E-state index contributed by atoms with van der Waals surface area (Å²) < 4.78 is 6.06. The van der Waals surface area contributed by atoms with Crippen LogP contribution in [0.4, 0.5) is 0 Å². The first-order chi connectivity index (χ1) is 8.36. The molecule has 9 heteroatoms. The average molecular weight is 308 g/mol. The smallest absolute Gasteiger partial charge is 0.320 e. The van der Waals surface area contributed by atoms with E-state index in [4.69, 9.17) is 25.8 Å². The van der Waals surface area contributed by atoms with E-state index >= 15 is 0 Å². The number of aliphatic carboxylic acids is 2. The normalized spacial score (nSPS) is 15.9. The summed E-state index contributed by atoms with van der Waals surface area (Å²) in [4.78, 5) is 21.5. The molecule has 0 aliphatic heterocycles. The van der Waals surface area contributed by atoms with Gasteiger partial charge >= 0.3 is 11.9 Å². The Hall–Kier alpha value is -0.746. The van der Waals surface area contributed by atoms with Crippen molar-refractivity contribution in [2.45, 2.75) is 50.4 Å². The summed E-state index contributed by atoms with van der Waals surface area (Å²) in [5, 5.41) is 17.6. The molecule has 0 aromatic rings. The molecule has 2 atom stereocenters. The number of rotatable bonds is 8. The van der Waals surface area contributed by atoms with Crippen molar-refractivity contribution >= 4 is 28.6 Å². The molecule has 0 fully saturated rings. The van der Waals surface area contributed by atoms with Crippen LogP contribution >= 0.6 is 0 Å². The fraction of sp³-hybridized carbons (Fsp3) is 0.800. The second-order valence-corrected chi connectivity index (χ2v) is 14.6. The molecule has 0 aromatic heterocycles. The van der Waals surface area contributed by atoms with Crippen LogP contribution in [0.5, 0.6) is 0 Å². The molecule has 0 heterocycles. The lowest BCUT2D eigenvalue weighted by molar-refractivity contribution is -0.139. The summed E-state index contributed by atoms with van der Waals surface area (Å²) in [6.07, 6.45) is 0. The highest BCUT2D eigenvalue weighted by Crippen LogP contribution is 2.23. The molecule has 0 spiro atoms. The monoisotopic (exact) mass is 308 g/mol. The number of hydrogen-bond acceptors (Lipinski definition) is 5. The van der Waals surface area contributed by atoms with E-state index in [0.717, 1.165) is 0 Å². The summed E-state index contributed by atoms with van der Waals surface area (Å²) in [5.74, 6) is -2.10. The van der Waals surface area contributed by atoms with Gasteiger partial charge in [-0.05, 0) is 38.3 Å². The van der Waals surface area contributed by atoms with Gasteiger partial charge in [-0.3, -0.25) is 9.59 Å². The molecule has 0 aromatic carbocycles. The Bertz CT molecular complexity index is 317. The van der Waals surface area contributed by atoms with E-state index in [9.17, 15) is 9.59 Å². The van der Waals surface area contributed by atoms with E-state index in [2.05, 4.69) is 0 Å². The van der Waals surface area contributed by atoms with Crippen molar-refractivity contribution < 1.29 is 23.9 Å². The van der Waals surface area contributed by atoms with Crippen LogP contribution in [-0.2, 0) is 13.7 Å². The lowest BCUT2D eigenvalue weighted by atomic mass is 10.4. The zero-order valence-electron chi connectivity index (χ0n) is 11.8. The van der Waals surface area contributed by atoms with E-state index < -0.39 is 40.7 Å². The minimum absolute atomic E-state index is 0.293. The van der Waals surface area contributed by atoms with Gasteiger partial charge in [0.25, 0.3) is 0 Å². The van der Waals surface area contributed by atoms with Gasteiger partial charge in [-0.1, -0.05) is 0 Å². The van der Waals surface area contributed by atoms with Gasteiger partial charge in [-0.25, -0.2) is 0 Å². The molecule has 7 nitrogen and oxygen atoms in total. The standard InChI is InChI=1S/C10H24N2O5Si2/c1-18(2,5-7(11)9(13)14)17-19(3,4)6-8(12)10(15)16/h7-8H,5-6,11-12H2,1-4H3,(H,13,14)(H,15,16). The van der Waals surface area contributed by atoms with E-state index in [1.165, 1.54) is 0 Å².